The molecule has 1 aliphatic heterocycles. The summed E-state index contributed by atoms with van der Waals surface area (Å²) in [6, 6.07) is 1.60. The highest BCUT2D eigenvalue weighted by Gasteiger charge is 2.19. The largest absolute Gasteiger partial charge is 0.460 e. The number of nitrogens with zero attached hydrogens (tertiary/aromatic N) is 2. The average molecular weight is 208 g/mol. The minimum absolute atomic E-state index is 0.0881. The van der Waals surface area contributed by atoms with Gasteiger partial charge in [-0.05, 0) is 6.42 Å². The van der Waals surface area contributed by atoms with Crippen molar-refractivity contribution < 1.29 is 14.3 Å². The fourth-order valence-electron chi connectivity index (χ4n) is 1.32. The van der Waals surface area contributed by atoms with E-state index in [2.05, 4.69) is 6.58 Å². The molecular weight excluding hydrogens is 196 g/mol. The molecule has 0 atom stereocenters. The summed E-state index contributed by atoms with van der Waals surface area (Å²) in [6.07, 6.45) is 1.43. The Morgan fingerprint density at radius 2 is 2.40 bits per heavy atom. The van der Waals surface area contributed by atoms with E-state index in [1.165, 1.54) is 0 Å². The molecular formula is C10H12N2O3. The molecule has 0 aromatic heterocycles. The van der Waals surface area contributed by atoms with Crippen LogP contribution in [-0.2, 0) is 14.3 Å². The minimum atomic E-state index is -0.718. The average Bonchev–Trinajstić information content (AvgIpc) is 2.63. The summed E-state index contributed by atoms with van der Waals surface area (Å²) in [6.45, 7) is 4.45. The highest BCUT2D eigenvalue weighted by Crippen LogP contribution is 2.08. The van der Waals surface area contributed by atoms with Crippen molar-refractivity contribution in [3.63, 3.8) is 0 Å². The normalized spacial score (nSPS) is 14.9. The van der Waals surface area contributed by atoms with Crippen molar-refractivity contribution in [3.05, 3.63) is 12.2 Å². The Hall–Kier alpha value is -1.83. The molecule has 1 fully saturated rings. The number of ether oxygens (including phenoxy) is 1. The molecule has 1 heterocycles. The van der Waals surface area contributed by atoms with Crippen LogP contribution < -0.4 is 0 Å². The van der Waals surface area contributed by atoms with E-state index in [1.807, 2.05) is 0 Å². The van der Waals surface area contributed by atoms with Crippen LogP contribution in [-0.4, -0.2) is 36.5 Å². The van der Waals surface area contributed by atoms with Gasteiger partial charge in [0.25, 0.3) is 0 Å². The molecule has 0 bridgehead atoms. The van der Waals surface area contributed by atoms with Gasteiger partial charge in [-0.25, -0.2) is 4.79 Å². The summed E-state index contributed by atoms with van der Waals surface area (Å²) in [4.78, 5) is 23.8. The van der Waals surface area contributed by atoms with Crippen LogP contribution in [0.25, 0.3) is 0 Å². The van der Waals surface area contributed by atoms with Gasteiger partial charge in [0.05, 0.1) is 6.54 Å². The summed E-state index contributed by atoms with van der Waals surface area (Å²) in [5, 5.41) is 8.34. The summed E-state index contributed by atoms with van der Waals surface area (Å²) in [7, 11) is 0. The minimum Gasteiger partial charge on any atom is -0.460 e. The first kappa shape index (κ1) is 11.2. The van der Waals surface area contributed by atoms with Crippen molar-refractivity contribution in [2.45, 2.75) is 12.8 Å². The molecule has 0 aliphatic carbocycles. The van der Waals surface area contributed by atoms with Gasteiger partial charge in [0.1, 0.15) is 18.2 Å². The molecule has 0 N–H and O–H groups in total. The highest BCUT2D eigenvalue weighted by molar-refractivity contribution is 5.91. The van der Waals surface area contributed by atoms with Crippen LogP contribution in [0.5, 0.6) is 0 Å². The maximum Gasteiger partial charge on any atom is 0.348 e. The molecule has 0 saturated carbocycles. The van der Waals surface area contributed by atoms with Crippen molar-refractivity contribution in [1.82, 2.24) is 4.90 Å². The molecule has 5 nitrogen and oxygen atoms in total. The summed E-state index contributed by atoms with van der Waals surface area (Å²) >= 11 is 0. The number of rotatable bonds is 4. The SMILES string of the molecule is C=C(C#N)C(=O)OCCN1CCCC1=O. The van der Waals surface area contributed by atoms with Crippen molar-refractivity contribution in [3.8, 4) is 6.07 Å². The maximum atomic E-state index is 11.2. The number of likely N-dealkylation sites (tertiary alicyclic amines) is 1. The van der Waals surface area contributed by atoms with Gasteiger partial charge in [-0.2, -0.15) is 5.26 Å². The predicted molar refractivity (Wildman–Crippen MR) is 51.5 cm³/mol. The van der Waals surface area contributed by atoms with Crippen molar-refractivity contribution >= 4 is 11.9 Å². The molecule has 0 spiro atoms. The lowest BCUT2D eigenvalue weighted by molar-refractivity contribution is -0.140. The lowest BCUT2D eigenvalue weighted by Crippen LogP contribution is -2.29. The van der Waals surface area contributed by atoms with Crippen molar-refractivity contribution in [2.24, 2.45) is 0 Å². The fourth-order valence-corrected chi connectivity index (χ4v) is 1.32. The van der Waals surface area contributed by atoms with Gasteiger partial charge >= 0.3 is 5.97 Å². The highest BCUT2D eigenvalue weighted by atomic mass is 16.5. The molecule has 0 unspecified atom stereocenters. The van der Waals surface area contributed by atoms with E-state index in [-0.39, 0.29) is 18.1 Å². The van der Waals surface area contributed by atoms with Gasteiger partial charge in [-0.3, -0.25) is 4.79 Å². The lowest BCUT2D eigenvalue weighted by atomic mass is 10.3. The molecule has 1 amide bonds. The third-order valence-electron chi connectivity index (χ3n) is 2.15. The predicted octanol–water partition coefficient (Wildman–Crippen LogP) is 0.232. The zero-order valence-corrected chi connectivity index (χ0v) is 8.36. The summed E-state index contributed by atoms with van der Waals surface area (Å²) < 4.78 is 4.75. The van der Waals surface area contributed by atoms with Gasteiger partial charge in [-0.1, -0.05) is 6.58 Å². The maximum absolute atomic E-state index is 11.2. The van der Waals surface area contributed by atoms with E-state index < -0.39 is 5.97 Å². The monoisotopic (exact) mass is 208 g/mol. The van der Waals surface area contributed by atoms with Crippen molar-refractivity contribution in [1.29, 1.82) is 5.26 Å². The summed E-state index contributed by atoms with van der Waals surface area (Å²) in [5.41, 5.74) is -0.220. The first-order valence-electron chi connectivity index (χ1n) is 4.69. The number of amides is 1. The van der Waals surface area contributed by atoms with Gasteiger partial charge in [0, 0.05) is 13.0 Å². The Kier molecular flexibility index (Phi) is 3.86. The van der Waals surface area contributed by atoms with Gasteiger partial charge in [0.15, 0.2) is 0 Å². The Morgan fingerprint density at radius 1 is 1.67 bits per heavy atom. The molecule has 1 aliphatic rings. The second-order valence-electron chi connectivity index (χ2n) is 3.21. The van der Waals surface area contributed by atoms with Gasteiger partial charge in [-0.15, -0.1) is 0 Å². The molecule has 1 rings (SSSR count). The second-order valence-corrected chi connectivity index (χ2v) is 3.21. The number of nitriles is 1. The van der Waals surface area contributed by atoms with Crippen LogP contribution in [0.3, 0.4) is 0 Å². The third-order valence-corrected chi connectivity index (χ3v) is 2.15. The number of esters is 1. The lowest BCUT2D eigenvalue weighted by Gasteiger charge is -2.14. The molecule has 0 aromatic carbocycles. The van der Waals surface area contributed by atoms with Crippen LogP contribution in [0.1, 0.15) is 12.8 Å². The Labute approximate surface area is 87.9 Å². The second kappa shape index (κ2) is 5.15. The quantitative estimate of drug-likeness (QED) is 0.377. The van der Waals surface area contributed by atoms with E-state index in [1.54, 1.807) is 11.0 Å². The Bertz CT molecular complexity index is 330. The van der Waals surface area contributed by atoms with Gasteiger partial charge in [0.2, 0.25) is 5.91 Å². The topological polar surface area (TPSA) is 70.4 Å². The summed E-state index contributed by atoms with van der Waals surface area (Å²) in [5.74, 6) is -0.630. The molecule has 5 heteroatoms. The Balaban J connectivity index is 2.22. The third kappa shape index (κ3) is 3.09. The standard InChI is InChI=1S/C10H12N2O3/c1-8(7-11)10(14)15-6-5-12-4-2-3-9(12)13/h1-6H2. The van der Waals surface area contributed by atoms with Crippen molar-refractivity contribution in [2.75, 3.05) is 19.7 Å². The van der Waals surface area contributed by atoms with E-state index >= 15 is 0 Å². The molecule has 80 valence electrons. The van der Waals surface area contributed by atoms with Crippen LogP contribution >= 0.6 is 0 Å². The zero-order chi connectivity index (χ0) is 11.3. The van der Waals surface area contributed by atoms with E-state index in [0.717, 1.165) is 13.0 Å². The molecule has 0 aromatic rings. The van der Waals surface area contributed by atoms with Crippen LogP contribution in [0.2, 0.25) is 0 Å². The number of carbonyl (C=O) groups excluding carboxylic acids is 2. The molecule has 0 radical (unpaired) electrons. The van der Waals surface area contributed by atoms with E-state index in [9.17, 15) is 9.59 Å². The first-order valence-corrected chi connectivity index (χ1v) is 4.69. The molecule has 15 heavy (non-hydrogen) atoms. The molecule has 1 saturated heterocycles. The zero-order valence-electron chi connectivity index (χ0n) is 8.36. The van der Waals surface area contributed by atoms with E-state index in [4.69, 9.17) is 10.00 Å². The number of hydrogen-bond donors (Lipinski definition) is 0. The van der Waals surface area contributed by atoms with Crippen LogP contribution in [0.15, 0.2) is 12.2 Å². The Morgan fingerprint density at radius 3 is 2.93 bits per heavy atom. The van der Waals surface area contributed by atoms with Crippen LogP contribution in [0, 0.1) is 11.3 Å². The number of carbonyl (C=O) groups is 2. The number of hydrogen-bond acceptors (Lipinski definition) is 4. The first-order chi connectivity index (χ1) is 7.15. The smallest absolute Gasteiger partial charge is 0.348 e. The fraction of sp³-hybridized carbons (Fsp3) is 0.500. The van der Waals surface area contributed by atoms with E-state index in [0.29, 0.717) is 13.0 Å². The van der Waals surface area contributed by atoms with Gasteiger partial charge < -0.3 is 9.64 Å². The van der Waals surface area contributed by atoms with Crippen LogP contribution in [0.4, 0.5) is 0 Å².